The van der Waals surface area contributed by atoms with Gasteiger partial charge in [-0.05, 0) is 30.9 Å². The van der Waals surface area contributed by atoms with Crippen LogP contribution in [0, 0.1) is 17.8 Å². The van der Waals surface area contributed by atoms with Crippen LogP contribution in [0.4, 0.5) is 0 Å². The van der Waals surface area contributed by atoms with E-state index in [4.69, 9.17) is 0 Å². The quantitative estimate of drug-likeness (QED) is 0.490. The molecule has 1 aromatic carbocycles. The van der Waals surface area contributed by atoms with E-state index in [-0.39, 0.29) is 5.92 Å². The second-order valence-electron chi connectivity index (χ2n) is 5.46. The highest BCUT2D eigenvalue weighted by Crippen LogP contribution is 2.39. The molecule has 1 aromatic rings. The molecule has 3 heteroatoms. The summed E-state index contributed by atoms with van der Waals surface area (Å²) in [6.45, 7) is 3.73. The number of carbonyl (C=O) groups is 1. The Bertz CT molecular complexity index is 633. The first-order valence-corrected chi connectivity index (χ1v) is 7.07. The van der Waals surface area contributed by atoms with Crippen molar-refractivity contribution in [3.8, 4) is 11.8 Å². The molecule has 0 fully saturated rings. The van der Waals surface area contributed by atoms with Gasteiger partial charge in [0.15, 0.2) is 5.60 Å². The molecule has 1 aliphatic carbocycles. The Hall–Kier alpha value is -2.05. The number of benzene rings is 1. The largest absolute Gasteiger partial charge is 0.466 e. The van der Waals surface area contributed by atoms with Crippen LogP contribution in [0.25, 0.3) is 0 Å². The molecule has 110 valence electrons. The number of hydrogen-bond donors (Lipinski definition) is 1. The van der Waals surface area contributed by atoms with E-state index in [1.54, 1.807) is 6.92 Å². The third-order valence-corrected chi connectivity index (χ3v) is 3.97. The Morgan fingerprint density at radius 1 is 1.48 bits per heavy atom. The summed E-state index contributed by atoms with van der Waals surface area (Å²) in [5.74, 6) is 5.46. The fourth-order valence-corrected chi connectivity index (χ4v) is 2.61. The molecule has 1 N–H and O–H groups in total. The first-order valence-electron chi connectivity index (χ1n) is 7.07. The molecule has 2 atom stereocenters. The van der Waals surface area contributed by atoms with E-state index in [0.717, 1.165) is 24.0 Å². The number of fused-ring (bicyclic) bond motifs is 1. The van der Waals surface area contributed by atoms with Crippen LogP contribution >= 0.6 is 0 Å². The molecule has 0 aromatic heterocycles. The van der Waals surface area contributed by atoms with Crippen LogP contribution in [0.15, 0.2) is 35.9 Å². The third kappa shape index (κ3) is 3.17. The molecule has 21 heavy (non-hydrogen) atoms. The summed E-state index contributed by atoms with van der Waals surface area (Å²) in [7, 11) is 1.33. The monoisotopic (exact) mass is 284 g/mol. The minimum absolute atomic E-state index is 0.0471. The number of allylic oxidation sites excluding steroid dienone is 1. The summed E-state index contributed by atoms with van der Waals surface area (Å²) in [6.07, 6.45) is 3.18. The first kappa shape index (κ1) is 15.3. The predicted octanol–water partition coefficient (Wildman–Crippen LogP) is 2.58. The van der Waals surface area contributed by atoms with Crippen molar-refractivity contribution in [3.63, 3.8) is 0 Å². The second-order valence-corrected chi connectivity index (χ2v) is 5.46. The van der Waals surface area contributed by atoms with Gasteiger partial charge in [0.1, 0.15) is 0 Å². The number of aryl methyl sites for hydroxylation is 1. The highest BCUT2D eigenvalue weighted by molar-refractivity contribution is 5.83. The number of aliphatic hydroxyl groups is 1. The molecule has 0 heterocycles. The van der Waals surface area contributed by atoms with Gasteiger partial charge in [-0.1, -0.05) is 43.0 Å². The first-order chi connectivity index (χ1) is 9.97. The lowest BCUT2D eigenvalue weighted by molar-refractivity contribution is -0.134. The van der Waals surface area contributed by atoms with Crippen LogP contribution in [0.1, 0.15) is 31.4 Å². The van der Waals surface area contributed by atoms with Gasteiger partial charge in [-0.2, -0.15) is 0 Å². The van der Waals surface area contributed by atoms with E-state index in [9.17, 15) is 9.90 Å². The van der Waals surface area contributed by atoms with Crippen molar-refractivity contribution in [2.24, 2.45) is 5.92 Å². The summed E-state index contributed by atoms with van der Waals surface area (Å²) in [6, 6.07) is 7.86. The fraction of sp³-hybridized carbons (Fsp3) is 0.389. The van der Waals surface area contributed by atoms with Crippen LogP contribution in [0.3, 0.4) is 0 Å². The molecular weight excluding hydrogens is 264 g/mol. The lowest BCUT2D eigenvalue weighted by atomic mass is 9.72. The molecule has 0 unspecified atom stereocenters. The van der Waals surface area contributed by atoms with Crippen molar-refractivity contribution in [1.82, 2.24) is 0 Å². The molecule has 0 saturated heterocycles. The van der Waals surface area contributed by atoms with Gasteiger partial charge in [-0.15, -0.1) is 0 Å². The summed E-state index contributed by atoms with van der Waals surface area (Å²) in [5, 5.41) is 11.0. The average Bonchev–Trinajstić information content (AvgIpc) is 2.49. The van der Waals surface area contributed by atoms with Crippen LogP contribution in [-0.4, -0.2) is 18.2 Å². The van der Waals surface area contributed by atoms with Crippen LogP contribution in [0.2, 0.25) is 0 Å². The van der Waals surface area contributed by atoms with Gasteiger partial charge in [0.25, 0.3) is 0 Å². The Kier molecular flexibility index (Phi) is 4.50. The van der Waals surface area contributed by atoms with Crippen LogP contribution < -0.4 is 0 Å². The predicted molar refractivity (Wildman–Crippen MR) is 81.4 cm³/mol. The van der Waals surface area contributed by atoms with E-state index in [0.29, 0.717) is 5.57 Å². The Morgan fingerprint density at radius 3 is 2.90 bits per heavy atom. The molecule has 1 aliphatic rings. The normalized spacial score (nSPS) is 24.6. The van der Waals surface area contributed by atoms with Crippen molar-refractivity contribution in [3.05, 3.63) is 47.0 Å². The number of carbonyl (C=O) groups excluding carboxylic acids is 1. The van der Waals surface area contributed by atoms with Gasteiger partial charge >= 0.3 is 5.97 Å². The van der Waals surface area contributed by atoms with Crippen molar-refractivity contribution >= 4 is 5.97 Å². The summed E-state index contributed by atoms with van der Waals surface area (Å²) in [5.41, 5.74) is 1.43. The van der Waals surface area contributed by atoms with E-state index in [2.05, 4.69) is 16.6 Å². The Morgan fingerprint density at radius 2 is 2.19 bits per heavy atom. The van der Waals surface area contributed by atoms with Gasteiger partial charge in [-0.3, -0.25) is 0 Å². The molecular formula is C18H20O3. The van der Waals surface area contributed by atoms with Gasteiger partial charge in [0.2, 0.25) is 0 Å². The molecule has 0 bridgehead atoms. The highest BCUT2D eigenvalue weighted by Gasteiger charge is 2.38. The van der Waals surface area contributed by atoms with E-state index >= 15 is 0 Å². The number of ether oxygens (including phenoxy) is 1. The van der Waals surface area contributed by atoms with Gasteiger partial charge in [0.05, 0.1) is 7.11 Å². The maximum absolute atomic E-state index is 11.2. The minimum Gasteiger partial charge on any atom is -0.466 e. The minimum atomic E-state index is -1.17. The van der Waals surface area contributed by atoms with Crippen molar-refractivity contribution in [2.45, 2.75) is 32.3 Å². The topological polar surface area (TPSA) is 46.5 Å². The summed E-state index contributed by atoms with van der Waals surface area (Å²) in [4.78, 5) is 11.2. The zero-order valence-electron chi connectivity index (χ0n) is 12.6. The molecule has 0 aliphatic heterocycles. The highest BCUT2D eigenvalue weighted by atomic mass is 16.5. The van der Waals surface area contributed by atoms with Crippen LogP contribution in [-0.2, 0) is 21.6 Å². The molecule has 0 saturated carbocycles. The van der Waals surface area contributed by atoms with Crippen molar-refractivity contribution < 1.29 is 14.6 Å². The zero-order chi connectivity index (χ0) is 15.5. The van der Waals surface area contributed by atoms with Crippen molar-refractivity contribution in [1.29, 1.82) is 0 Å². The number of esters is 1. The average molecular weight is 284 g/mol. The van der Waals surface area contributed by atoms with Crippen molar-refractivity contribution in [2.75, 3.05) is 7.11 Å². The maximum atomic E-state index is 11.2. The Balaban J connectivity index is 2.39. The lowest BCUT2D eigenvalue weighted by Crippen LogP contribution is -2.36. The standard InChI is InChI=1S/C18H20O3/c1-13(12-17(19)21-3)10-11-18(20)14(2)8-9-15-6-4-5-7-16(15)18/h4-7,12,14,20H,8-9H2,1-3H3/b13-12-/t14-,18+/m1/s1. The molecule has 0 spiro atoms. The lowest BCUT2D eigenvalue weighted by Gasteiger charge is -2.35. The number of hydrogen-bond acceptors (Lipinski definition) is 3. The fourth-order valence-electron chi connectivity index (χ4n) is 2.61. The van der Waals surface area contributed by atoms with E-state index in [1.807, 2.05) is 31.2 Å². The maximum Gasteiger partial charge on any atom is 0.331 e. The second kappa shape index (κ2) is 6.15. The molecule has 2 rings (SSSR count). The summed E-state index contributed by atoms with van der Waals surface area (Å²) < 4.78 is 4.57. The zero-order valence-corrected chi connectivity index (χ0v) is 12.6. The van der Waals surface area contributed by atoms with E-state index in [1.165, 1.54) is 13.2 Å². The number of methoxy groups -OCH3 is 1. The summed E-state index contributed by atoms with van der Waals surface area (Å²) >= 11 is 0. The Labute approximate surface area is 125 Å². The van der Waals surface area contributed by atoms with Crippen LogP contribution in [0.5, 0.6) is 0 Å². The van der Waals surface area contributed by atoms with Gasteiger partial charge < -0.3 is 9.84 Å². The number of rotatable bonds is 1. The molecule has 0 radical (unpaired) electrons. The van der Waals surface area contributed by atoms with Gasteiger partial charge in [-0.25, -0.2) is 4.79 Å². The SMILES string of the molecule is COC(=O)/C=C(/C)C#C[C@@]1(O)c2ccccc2CC[C@H]1C. The smallest absolute Gasteiger partial charge is 0.331 e. The molecule has 3 nitrogen and oxygen atoms in total. The molecule has 0 amide bonds. The third-order valence-electron chi connectivity index (χ3n) is 3.97. The van der Waals surface area contributed by atoms with Gasteiger partial charge in [0, 0.05) is 17.6 Å². The van der Waals surface area contributed by atoms with E-state index < -0.39 is 11.6 Å².